The Balaban J connectivity index is 4.24. The van der Waals surface area contributed by atoms with E-state index in [-0.39, 0.29) is 0 Å². The molecule has 0 aliphatic heterocycles. The van der Waals surface area contributed by atoms with E-state index in [0.717, 1.165) is 43.9 Å². The average Bonchev–Trinajstić information content (AvgIpc) is 3.04. The van der Waals surface area contributed by atoms with Crippen LogP contribution in [-0.2, 0) is 0 Å². The molecule has 0 bridgehead atoms. The van der Waals surface area contributed by atoms with Crippen molar-refractivity contribution in [3.05, 3.63) is 116 Å². The predicted octanol–water partition coefficient (Wildman–Crippen LogP) is 17.9. The Morgan fingerprint density at radius 1 is 0.255 bits per heavy atom. The van der Waals surface area contributed by atoms with Crippen molar-refractivity contribution in [2.24, 2.45) is 0 Å². The van der Waals surface area contributed by atoms with E-state index in [1.54, 1.807) is 0 Å². The Labute approximate surface area is 328 Å². The van der Waals surface area contributed by atoms with Crippen molar-refractivity contribution >= 4 is 15.9 Å². The van der Waals surface area contributed by atoms with Crippen molar-refractivity contribution in [3.63, 3.8) is 0 Å². The van der Waals surface area contributed by atoms with Crippen LogP contribution in [0.15, 0.2) is 116 Å². The first-order valence-corrected chi connectivity index (χ1v) is 21.5. The molecule has 0 aliphatic carbocycles. The summed E-state index contributed by atoms with van der Waals surface area (Å²) >= 11 is 3.48. The van der Waals surface area contributed by atoms with Crippen LogP contribution in [0.4, 0.5) is 0 Å². The number of hydrogen-bond donors (Lipinski definition) is 0. The van der Waals surface area contributed by atoms with Crippen LogP contribution >= 0.6 is 15.9 Å². The minimum Gasteiger partial charge on any atom is -0.0883 e. The highest BCUT2D eigenvalue weighted by molar-refractivity contribution is 9.09. The molecule has 288 valence electrons. The van der Waals surface area contributed by atoms with Crippen LogP contribution in [0.2, 0.25) is 0 Å². The van der Waals surface area contributed by atoms with Crippen LogP contribution in [0.1, 0.15) is 192 Å². The molecule has 0 aromatic heterocycles. The molecule has 0 saturated heterocycles. The summed E-state index contributed by atoms with van der Waals surface area (Å²) in [5.74, 6) is 0. The number of allylic oxidation sites excluding steroid dienone is 20. The van der Waals surface area contributed by atoms with Crippen LogP contribution < -0.4 is 0 Å². The molecule has 0 saturated carbocycles. The van der Waals surface area contributed by atoms with Crippen molar-refractivity contribution in [2.45, 2.75) is 192 Å². The summed E-state index contributed by atoms with van der Waals surface area (Å²) in [6.07, 6.45) is 45.3. The lowest BCUT2D eigenvalue weighted by Gasteiger charge is -2.04. The summed E-state index contributed by atoms with van der Waals surface area (Å²) in [7, 11) is 0. The first-order valence-electron chi connectivity index (χ1n) is 20.4. The molecule has 0 atom stereocenters. The average molecular weight is 762 g/mol. The zero-order valence-electron chi connectivity index (χ0n) is 35.6. The summed E-state index contributed by atoms with van der Waals surface area (Å²) in [4.78, 5) is 0. The van der Waals surface area contributed by atoms with E-state index >= 15 is 0 Å². The second-order valence-corrected chi connectivity index (χ2v) is 16.4. The van der Waals surface area contributed by atoms with E-state index < -0.39 is 0 Å². The lowest BCUT2D eigenvalue weighted by Crippen LogP contribution is -1.84. The summed E-state index contributed by atoms with van der Waals surface area (Å²) in [5, 5.41) is 0.962. The van der Waals surface area contributed by atoms with E-state index in [9.17, 15) is 0 Å². The molecule has 0 spiro atoms. The third-order valence-corrected chi connectivity index (χ3v) is 10.1. The lowest BCUT2D eigenvalue weighted by molar-refractivity contribution is 0.879. The Hall–Kier alpha value is -2.12. The van der Waals surface area contributed by atoms with Crippen LogP contribution in [0.5, 0.6) is 0 Å². The molecule has 0 aromatic rings. The molecule has 0 heterocycles. The van der Waals surface area contributed by atoms with Gasteiger partial charge in [-0.25, -0.2) is 0 Å². The minimum absolute atomic E-state index is 0.962. The maximum atomic E-state index is 3.48. The van der Waals surface area contributed by atoms with Gasteiger partial charge in [0.15, 0.2) is 0 Å². The molecule has 0 fully saturated rings. The van der Waals surface area contributed by atoms with Gasteiger partial charge in [0, 0.05) is 5.33 Å². The molecule has 0 unspecified atom stereocenters. The van der Waals surface area contributed by atoms with E-state index in [1.807, 2.05) is 0 Å². The molecule has 0 rings (SSSR count). The Morgan fingerprint density at radius 2 is 0.412 bits per heavy atom. The predicted molar refractivity (Wildman–Crippen MR) is 240 cm³/mol. The van der Waals surface area contributed by atoms with Crippen LogP contribution in [-0.4, -0.2) is 5.33 Å². The van der Waals surface area contributed by atoms with Crippen molar-refractivity contribution in [1.82, 2.24) is 0 Å². The van der Waals surface area contributed by atoms with Crippen molar-refractivity contribution in [2.75, 3.05) is 5.33 Å². The summed E-state index contributed by atoms with van der Waals surface area (Å²) in [6, 6.07) is 0. The molecular formula is C50H81Br. The molecule has 0 amide bonds. The van der Waals surface area contributed by atoms with Gasteiger partial charge in [-0.3, -0.25) is 0 Å². The smallest absolute Gasteiger partial charge is 0.0214 e. The number of alkyl halides is 1. The molecule has 51 heavy (non-hydrogen) atoms. The van der Waals surface area contributed by atoms with E-state index in [4.69, 9.17) is 0 Å². The fraction of sp³-hybridized carbons (Fsp3) is 0.600. The molecule has 1 heteroatoms. The van der Waals surface area contributed by atoms with Crippen LogP contribution in [0.3, 0.4) is 0 Å². The lowest BCUT2D eigenvalue weighted by atomic mass is 10.0. The first-order chi connectivity index (χ1) is 24.3. The molecular weight excluding hydrogens is 680 g/mol. The number of rotatable bonds is 28. The molecule has 0 radical (unpaired) electrons. The summed E-state index contributed by atoms with van der Waals surface area (Å²) in [5.41, 5.74) is 15.1. The molecule has 0 aliphatic rings. The Kier molecular flexibility index (Phi) is 31.2. The Bertz CT molecular complexity index is 1260. The highest BCUT2D eigenvalue weighted by atomic mass is 79.9. The zero-order valence-corrected chi connectivity index (χ0v) is 37.2. The van der Waals surface area contributed by atoms with Gasteiger partial charge in [0.1, 0.15) is 0 Å². The maximum Gasteiger partial charge on any atom is 0.0214 e. The van der Waals surface area contributed by atoms with E-state index in [0.29, 0.717) is 0 Å². The van der Waals surface area contributed by atoms with Crippen molar-refractivity contribution in [1.29, 1.82) is 0 Å². The van der Waals surface area contributed by atoms with Gasteiger partial charge in [-0.1, -0.05) is 132 Å². The van der Waals surface area contributed by atoms with Gasteiger partial charge in [0.2, 0.25) is 0 Å². The topological polar surface area (TPSA) is 0 Å². The van der Waals surface area contributed by atoms with Crippen molar-refractivity contribution in [3.8, 4) is 0 Å². The van der Waals surface area contributed by atoms with E-state index in [1.165, 1.54) is 133 Å². The normalized spacial score (nSPS) is 14.9. The maximum absolute atomic E-state index is 3.48. The highest BCUT2D eigenvalue weighted by Crippen LogP contribution is 2.18. The first kappa shape index (κ1) is 48.9. The monoisotopic (exact) mass is 761 g/mol. The SMILES string of the molecule is CC(C)=CCC/C(C)=C/CC/C(C)=C/CC/C(C)=C/CC/C(C)=C/CC/C(C)=C/CC/C(C)=C/CC/C(C)=C/CC/C(C)=C/CC/C(C)=C/CBr. The van der Waals surface area contributed by atoms with Gasteiger partial charge >= 0.3 is 0 Å². The minimum atomic E-state index is 0.962. The largest absolute Gasteiger partial charge is 0.0883 e. The second kappa shape index (κ2) is 32.5. The molecule has 0 aromatic carbocycles. The van der Waals surface area contributed by atoms with Crippen LogP contribution in [0, 0.1) is 0 Å². The van der Waals surface area contributed by atoms with E-state index in [2.05, 4.69) is 153 Å². The van der Waals surface area contributed by atoms with Crippen molar-refractivity contribution < 1.29 is 0 Å². The third kappa shape index (κ3) is 33.5. The van der Waals surface area contributed by atoms with Gasteiger partial charge in [0.25, 0.3) is 0 Å². The highest BCUT2D eigenvalue weighted by Gasteiger charge is 1.98. The van der Waals surface area contributed by atoms with Gasteiger partial charge in [0.05, 0.1) is 0 Å². The fourth-order valence-electron chi connectivity index (χ4n) is 6.01. The summed E-state index contributed by atoms with van der Waals surface area (Å²) in [6.45, 7) is 25.0. The zero-order chi connectivity index (χ0) is 38.3. The molecule has 0 nitrogen and oxygen atoms in total. The Morgan fingerprint density at radius 3 is 0.569 bits per heavy atom. The standard InChI is InChI=1S/C50H81Br/c1-41(2)21-12-22-42(3)23-13-24-43(4)25-14-26-44(5)27-15-28-45(6)29-16-30-46(7)31-17-32-47(8)33-18-34-48(9)35-19-36-49(10)37-20-38-50(11)39-40-51/h21,23,25,27,29,31,33,35,37,39H,12-20,22,24,26,28,30,32,34,36,38,40H2,1-11H3/b42-23+,43-25+,44-27+,45-29+,46-31+,47-33+,48-35+,49-37+,50-39+. The molecule has 0 N–H and O–H groups in total. The summed E-state index contributed by atoms with van der Waals surface area (Å²) < 4.78 is 0. The van der Waals surface area contributed by atoms with Gasteiger partial charge in [-0.05, 0) is 192 Å². The van der Waals surface area contributed by atoms with Gasteiger partial charge in [-0.15, -0.1) is 0 Å². The fourth-order valence-corrected chi connectivity index (χ4v) is 6.56. The quantitative estimate of drug-likeness (QED) is 0.0550. The van der Waals surface area contributed by atoms with Gasteiger partial charge in [-0.2, -0.15) is 0 Å². The number of hydrogen-bond acceptors (Lipinski definition) is 0. The van der Waals surface area contributed by atoms with Gasteiger partial charge < -0.3 is 0 Å². The second-order valence-electron chi connectivity index (χ2n) is 15.7. The third-order valence-electron chi connectivity index (χ3n) is 9.77. The number of halogens is 1. The van der Waals surface area contributed by atoms with Crippen LogP contribution in [0.25, 0.3) is 0 Å².